The Kier molecular flexibility index (Phi) is 4.41. The third kappa shape index (κ3) is 2.76. The normalized spacial score (nSPS) is 33.8. The molecule has 0 spiro atoms. The van der Waals surface area contributed by atoms with Crippen LogP contribution >= 0.6 is 11.3 Å². The average Bonchev–Trinajstić information content (AvgIpc) is 2.82. The van der Waals surface area contributed by atoms with E-state index in [1.54, 1.807) is 11.3 Å². The minimum atomic E-state index is 0.327. The van der Waals surface area contributed by atoms with E-state index >= 15 is 0 Å². The van der Waals surface area contributed by atoms with E-state index in [1.807, 2.05) is 7.05 Å². The first-order valence-corrected chi connectivity index (χ1v) is 7.64. The zero-order valence-electron chi connectivity index (χ0n) is 11.9. The van der Waals surface area contributed by atoms with Gasteiger partial charge in [0.2, 0.25) is 0 Å². The zero-order chi connectivity index (χ0) is 13.3. The highest BCUT2D eigenvalue weighted by atomic mass is 32.1. The zero-order valence-corrected chi connectivity index (χ0v) is 12.8. The summed E-state index contributed by atoms with van der Waals surface area (Å²) in [5, 5.41) is 6.83. The van der Waals surface area contributed by atoms with Crippen LogP contribution in [-0.2, 0) is 11.2 Å². The first kappa shape index (κ1) is 14.0. The molecule has 1 aliphatic rings. The summed E-state index contributed by atoms with van der Waals surface area (Å²) in [6.45, 7) is 8.74. The maximum Gasteiger partial charge on any atom is 0.0943 e. The number of thiazole rings is 1. The number of nitrogens with zero attached hydrogens (tertiary/aromatic N) is 1. The Morgan fingerprint density at radius 2 is 2.11 bits per heavy atom. The quantitative estimate of drug-likeness (QED) is 0.911. The molecule has 1 aromatic heterocycles. The molecular formula is C14H24N2OS. The van der Waals surface area contributed by atoms with Crippen molar-refractivity contribution in [2.45, 2.75) is 52.4 Å². The highest BCUT2D eigenvalue weighted by Gasteiger charge is 2.41. The third-order valence-electron chi connectivity index (χ3n) is 4.22. The molecule has 1 fully saturated rings. The van der Waals surface area contributed by atoms with Crippen LogP contribution in [0.3, 0.4) is 0 Å². The molecule has 0 aromatic carbocycles. The Bertz CT molecular complexity index is 393. The van der Waals surface area contributed by atoms with Gasteiger partial charge < -0.3 is 10.1 Å². The minimum absolute atomic E-state index is 0.327. The Labute approximate surface area is 114 Å². The van der Waals surface area contributed by atoms with Crippen LogP contribution in [-0.4, -0.2) is 30.3 Å². The lowest BCUT2D eigenvalue weighted by atomic mass is 9.82. The van der Waals surface area contributed by atoms with Gasteiger partial charge in [-0.25, -0.2) is 4.98 Å². The summed E-state index contributed by atoms with van der Waals surface area (Å²) in [6, 6.07) is 0.450. The monoisotopic (exact) mass is 268 g/mol. The smallest absolute Gasteiger partial charge is 0.0943 e. The summed E-state index contributed by atoms with van der Waals surface area (Å²) in [5.74, 6) is 1.16. The van der Waals surface area contributed by atoms with Gasteiger partial charge in [0, 0.05) is 29.5 Å². The molecule has 5 atom stereocenters. The molecule has 1 aliphatic heterocycles. The van der Waals surface area contributed by atoms with Gasteiger partial charge in [-0.05, 0) is 33.7 Å². The molecule has 1 aromatic rings. The largest absolute Gasteiger partial charge is 0.375 e. The Morgan fingerprint density at radius 3 is 2.56 bits per heavy atom. The average molecular weight is 268 g/mol. The molecule has 2 rings (SSSR count). The fourth-order valence-electron chi connectivity index (χ4n) is 3.10. The van der Waals surface area contributed by atoms with Gasteiger partial charge in [-0.15, -0.1) is 11.3 Å². The van der Waals surface area contributed by atoms with Crippen LogP contribution in [0.2, 0.25) is 0 Å². The van der Waals surface area contributed by atoms with E-state index in [1.165, 1.54) is 5.01 Å². The lowest BCUT2D eigenvalue weighted by Crippen LogP contribution is -2.41. The fourth-order valence-corrected chi connectivity index (χ4v) is 3.93. The second-order valence-electron chi connectivity index (χ2n) is 5.46. The second kappa shape index (κ2) is 5.68. The van der Waals surface area contributed by atoms with Gasteiger partial charge >= 0.3 is 0 Å². The molecular weight excluding hydrogens is 244 g/mol. The molecule has 5 unspecified atom stereocenters. The number of hydrogen-bond acceptors (Lipinski definition) is 4. The number of rotatable bonds is 4. The molecule has 3 nitrogen and oxygen atoms in total. The molecule has 18 heavy (non-hydrogen) atoms. The summed E-state index contributed by atoms with van der Waals surface area (Å²) in [7, 11) is 2.05. The molecule has 1 N–H and O–H groups in total. The highest BCUT2D eigenvalue weighted by molar-refractivity contribution is 7.09. The maximum atomic E-state index is 5.95. The summed E-state index contributed by atoms with van der Waals surface area (Å²) < 4.78 is 5.95. The third-order valence-corrected chi connectivity index (χ3v) is 5.20. The molecule has 0 saturated carbocycles. The van der Waals surface area contributed by atoms with Crippen molar-refractivity contribution in [3.05, 3.63) is 16.1 Å². The van der Waals surface area contributed by atoms with Gasteiger partial charge in [-0.2, -0.15) is 0 Å². The number of aryl methyl sites for hydroxylation is 1. The van der Waals surface area contributed by atoms with Crippen LogP contribution in [0, 0.1) is 18.8 Å². The van der Waals surface area contributed by atoms with Gasteiger partial charge in [-0.3, -0.25) is 0 Å². The summed E-state index contributed by atoms with van der Waals surface area (Å²) in [4.78, 5) is 4.58. The van der Waals surface area contributed by atoms with Crippen molar-refractivity contribution >= 4 is 11.3 Å². The fraction of sp³-hybridized carbons (Fsp3) is 0.786. The number of ether oxygens (including phenoxy) is 1. The second-order valence-corrected chi connectivity index (χ2v) is 6.41. The van der Waals surface area contributed by atoms with Crippen LogP contribution < -0.4 is 5.32 Å². The number of aromatic nitrogens is 1. The van der Waals surface area contributed by atoms with Gasteiger partial charge in [0.15, 0.2) is 0 Å². The first-order valence-electron chi connectivity index (χ1n) is 6.76. The standard InChI is InChI=1S/C14H24N2OS/c1-8-7-18-13(16-8)6-12(15-5)14-9(2)10(3)17-11(14)4/h7,9-12,14-15H,6H2,1-5H3. The van der Waals surface area contributed by atoms with Crippen molar-refractivity contribution in [1.82, 2.24) is 10.3 Å². The molecule has 102 valence electrons. The Morgan fingerprint density at radius 1 is 1.39 bits per heavy atom. The van der Waals surface area contributed by atoms with Crippen molar-refractivity contribution in [3.8, 4) is 0 Å². The summed E-state index contributed by atoms with van der Waals surface area (Å²) in [6.07, 6.45) is 1.69. The van der Waals surface area contributed by atoms with Gasteiger partial charge in [-0.1, -0.05) is 6.92 Å². The van der Waals surface area contributed by atoms with Crippen molar-refractivity contribution in [2.75, 3.05) is 7.05 Å². The summed E-state index contributed by atoms with van der Waals surface area (Å²) in [5.41, 5.74) is 1.13. The van der Waals surface area contributed by atoms with E-state index in [0.29, 0.717) is 30.1 Å². The van der Waals surface area contributed by atoms with E-state index in [2.05, 4.69) is 43.4 Å². The predicted molar refractivity (Wildman–Crippen MR) is 76.1 cm³/mol. The Balaban J connectivity index is 2.08. The van der Waals surface area contributed by atoms with Crippen LogP contribution in [0.1, 0.15) is 31.5 Å². The lowest BCUT2D eigenvalue weighted by molar-refractivity contribution is 0.0479. The van der Waals surface area contributed by atoms with Gasteiger partial charge in [0.1, 0.15) is 0 Å². The van der Waals surface area contributed by atoms with Crippen molar-refractivity contribution in [1.29, 1.82) is 0 Å². The van der Waals surface area contributed by atoms with E-state index in [-0.39, 0.29) is 0 Å². The van der Waals surface area contributed by atoms with Crippen molar-refractivity contribution < 1.29 is 4.74 Å². The van der Waals surface area contributed by atoms with Gasteiger partial charge in [0.05, 0.1) is 17.2 Å². The molecule has 0 radical (unpaired) electrons. The molecule has 1 saturated heterocycles. The van der Waals surface area contributed by atoms with Crippen LogP contribution in [0.4, 0.5) is 0 Å². The number of hydrogen-bond donors (Lipinski definition) is 1. The van der Waals surface area contributed by atoms with E-state index in [4.69, 9.17) is 4.74 Å². The predicted octanol–water partition coefficient (Wildman–Crippen LogP) is 2.64. The Hall–Kier alpha value is -0.450. The summed E-state index contributed by atoms with van der Waals surface area (Å²) >= 11 is 1.76. The molecule has 0 bridgehead atoms. The van der Waals surface area contributed by atoms with E-state index in [9.17, 15) is 0 Å². The molecule has 0 amide bonds. The van der Waals surface area contributed by atoms with E-state index < -0.39 is 0 Å². The minimum Gasteiger partial charge on any atom is -0.375 e. The van der Waals surface area contributed by atoms with Crippen molar-refractivity contribution in [2.24, 2.45) is 11.8 Å². The van der Waals surface area contributed by atoms with Crippen LogP contribution in [0.15, 0.2) is 5.38 Å². The topological polar surface area (TPSA) is 34.2 Å². The molecule has 4 heteroatoms. The SMILES string of the molecule is CNC(Cc1nc(C)cs1)C1C(C)OC(C)C1C. The first-order chi connectivity index (χ1) is 8.52. The highest BCUT2D eigenvalue weighted by Crippen LogP contribution is 2.35. The van der Waals surface area contributed by atoms with Crippen LogP contribution in [0.25, 0.3) is 0 Å². The molecule has 2 heterocycles. The number of likely N-dealkylation sites (N-methyl/N-ethyl adjacent to an activating group) is 1. The number of nitrogens with one attached hydrogen (secondary N) is 1. The van der Waals surface area contributed by atoms with E-state index in [0.717, 1.165) is 12.1 Å². The van der Waals surface area contributed by atoms with Crippen LogP contribution in [0.5, 0.6) is 0 Å². The maximum absolute atomic E-state index is 5.95. The molecule has 0 aliphatic carbocycles. The van der Waals surface area contributed by atoms with Crippen molar-refractivity contribution in [3.63, 3.8) is 0 Å². The van der Waals surface area contributed by atoms with Gasteiger partial charge in [0.25, 0.3) is 0 Å². The lowest BCUT2D eigenvalue weighted by Gasteiger charge is -2.28.